The zero-order chi connectivity index (χ0) is 33.7. The molecule has 252 valence electrons. The van der Waals surface area contributed by atoms with Crippen LogP contribution in [0.15, 0.2) is 102 Å². The number of benzene rings is 4. The number of hydrogen-bond donors (Lipinski definition) is 0. The minimum absolute atomic E-state index is 0.113. The van der Waals surface area contributed by atoms with Gasteiger partial charge in [0, 0.05) is 17.7 Å². The first-order valence-corrected chi connectivity index (χ1v) is 19.8. The molecule has 1 aliphatic heterocycles. The molecular formula is C40H46BrFN2O3Si. The van der Waals surface area contributed by atoms with Crippen molar-refractivity contribution >= 4 is 45.4 Å². The lowest BCUT2D eigenvalue weighted by Gasteiger charge is -2.43. The zero-order valence-corrected chi connectivity index (χ0v) is 31.0. The normalized spacial score (nSPS) is 16.2. The molecule has 1 saturated heterocycles. The van der Waals surface area contributed by atoms with Gasteiger partial charge >= 0.3 is 8.32 Å². The Hall–Kier alpha value is -3.30. The first kappa shape index (κ1) is 34.6. The molecule has 0 aliphatic carbocycles. The number of fused-ring (bicyclic) bond motifs is 1. The molecule has 48 heavy (non-hydrogen) atoms. The maximum atomic E-state index is 14.7. The predicted octanol–water partition coefficient (Wildman–Crippen LogP) is 8.84. The summed E-state index contributed by atoms with van der Waals surface area (Å²) in [5.74, 6) is 0.847. The van der Waals surface area contributed by atoms with Gasteiger partial charge in [-0.2, -0.15) is 5.10 Å². The summed E-state index contributed by atoms with van der Waals surface area (Å²) >= 11 is 3.59. The molecule has 2 atom stereocenters. The number of rotatable bonds is 12. The van der Waals surface area contributed by atoms with Crippen molar-refractivity contribution in [1.29, 1.82) is 0 Å². The van der Waals surface area contributed by atoms with Crippen molar-refractivity contribution in [2.24, 2.45) is 5.92 Å². The lowest BCUT2D eigenvalue weighted by atomic mass is 9.94. The lowest BCUT2D eigenvalue weighted by molar-refractivity contribution is -0.163. The minimum atomic E-state index is -2.91. The number of halogens is 2. The molecule has 2 heterocycles. The smallest absolute Gasteiger partial charge is 0.319 e. The van der Waals surface area contributed by atoms with Crippen molar-refractivity contribution in [3.8, 4) is 5.75 Å². The molecule has 5 aromatic rings. The molecule has 2 unspecified atom stereocenters. The van der Waals surface area contributed by atoms with Gasteiger partial charge in [0.05, 0.1) is 13.2 Å². The molecule has 0 N–H and O–H groups in total. The van der Waals surface area contributed by atoms with E-state index < -0.39 is 8.32 Å². The Kier molecular flexibility index (Phi) is 10.9. The third-order valence-electron chi connectivity index (χ3n) is 9.34. The predicted molar refractivity (Wildman–Crippen MR) is 198 cm³/mol. The van der Waals surface area contributed by atoms with Gasteiger partial charge in [-0.1, -0.05) is 94.4 Å². The van der Waals surface area contributed by atoms with E-state index in [0.717, 1.165) is 71.1 Å². The fourth-order valence-corrected chi connectivity index (χ4v) is 12.0. The second kappa shape index (κ2) is 15.1. The van der Waals surface area contributed by atoms with Crippen LogP contribution in [-0.4, -0.2) is 37.6 Å². The van der Waals surface area contributed by atoms with E-state index in [-0.39, 0.29) is 17.1 Å². The van der Waals surface area contributed by atoms with Crippen LogP contribution in [0.2, 0.25) is 5.04 Å². The van der Waals surface area contributed by atoms with Gasteiger partial charge in [-0.25, -0.2) is 4.39 Å². The van der Waals surface area contributed by atoms with Crippen LogP contribution in [0.4, 0.5) is 4.39 Å². The van der Waals surface area contributed by atoms with Crippen LogP contribution in [0.3, 0.4) is 0 Å². The number of hydrogen-bond acceptors (Lipinski definition) is 4. The Bertz CT molecular complexity index is 1760. The van der Waals surface area contributed by atoms with Crippen molar-refractivity contribution in [2.75, 3.05) is 13.2 Å². The van der Waals surface area contributed by atoms with E-state index in [4.69, 9.17) is 19.0 Å². The largest absolute Gasteiger partial charge is 0.534 e. The highest BCUT2D eigenvalue weighted by atomic mass is 79.9. The van der Waals surface area contributed by atoms with Crippen LogP contribution in [0.1, 0.15) is 58.2 Å². The fraction of sp³-hybridized carbons (Fsp3) is 0.375. The van der Waals surface area contributed by atoms with Crippen molar-refractivity contribution in [3.05, 3.63) is 119 Å². The molecule has 0 bridgehead atoms. The third-order valence-corrected chi connectivity index (χ3v) is 14.7. The Morgan fingerprint density at radius 2 is 1.65 bits per heavy atom. The van der Waals surface area contributed by atoms with Crippen molar-refractivity contribution < 1.29 is 18.3 Å². The Labute approximate surface area is 293 Å². The monoisotopic (exact) mass is 728 g/mol. The van der Waals surface area contributed by atoms with E-state index in [9.17, 15) is 4.39 Å². The summed E-state index contributed by atoms with van der Waals surface area (Å²) in [5, 5.41) is 8.67. The third kappa shape index (κ3) is 7.78. The van der Waals surface area contributed by atoms with Gasteiger partial charge in [0.2, 0.25) is 0 Å². The van der Waals surface area contributed by atoms with Crippen molar-refractivity contribution in [2.45, 2.75) is 77.7 Å². The van der Waals surface area contributed by atoms with E-state index in [0.29, 0.717) is 19.1 Å². The van der Waals surface area contributed by atoms with Gasteiger partial charge in [-0.15, -0.1) is 0 Å². The molecule has 0 amide bonds. The van der Waals surface area contributed by atoms with E-state index in [1.165, 1.54) is 16.4 Å². The van der Waals surface area contributed by atoms with Gasteiger partial charge < -0.3 is 13.9 Å². The summed E-state index contributed by atoms with van der Waals surface area (Å²) in [6.45, 7) is 11.1. The second-order valence-corrected chi connectivity index (χ2v) is 19.1. The summed E-state index contributed by atoms with van der Waals surface area (Å²) in [6.07, 6.45) is 4.73. The second-order valence-electron chi connectivity index (χ2n) is 14.1. The van der Waals surface area contributed by atoms with E-state index in [1.807, 2.05) is 10.7 Å². The van der Waals surface area contributed by atoms with E-state index in [2.05, 4.69) is 122 Å². The van der Waals surface area contributed by atoms with Gasteiger partial charge in [-0.05, 0) is 111 Å². The summed E-state index contributed by atoms with van der Waals surface area (Å²) in [7, 11) is -2.91. The molecule has 4 aromatic carbocycles. The van der Waals surface area contributed by atoms with Gasteiger partial charge in [0.25, 0.3) is 0 Å². The Morgan fingerprint density at radius 1 is 0.938 bits per heavy atom. The number of nitrogens with zero attached hydrogens (tertiary/aromatic N) is 2. The molecule has 1 aliphatic rings. The molecule has 0 spiro atoms. The molecular weight excluding hydrogens is 683 g/mol. The van der Waals surface area contributed by atoms with Crippen LogP contribution in [0, 0.1) is 11.7 Å². The van der Waals surface area contributed by atoms with E-state index in [1.54, 1.807) is 6.07 Å². The fourth-order valence-electron chi connectivity index (χ4n) is 7.10. The zero-order valence-electron chi connectivity index (χ0n) is 28.4. The van der Waals surface area contributed by atoms with Crippen molar-refractivity contribution in [1.82, 2.24) is 9.78 Å². The maximum absolute atomic E-state index is 14.7. The van der Waals surface area contributed by atoms with Crippen LogP contribution in [-0.2, 0) is 28.9 Å². The van der Waals surface area contributed by atoms with Crippen LogP contribution in [0.25, 0.3) is 10.8 Å². The van der Waals surface area contributed by atoms with Gasteiger partial charge in [-0.3, -0.25) is 4.68 Å². The molecule has 1 aromatic heterocycles. The average Bonchev–Trinajstić information content (AvgIpc) is 3.41. The van der Waals surface area contributed by atoms with Crippen LogP contribution in [0.5, 0.6) is 5.75 Å². The lowest BCUT2D eigenvalue weighted by Crippen LogP contribution is -2.68. The highest BCUT2D eigenvalue weighted by molar-refractivity contribution is 9.10. The summed E-state index contributed by atoms with van der Waals surface area (Å²) in [6, 6.07) is 32.7. The average molecular weight is 730 g/mol. The van der Waals surface area contributed by atoms with Crippen LogP contribution >= 0.6 is 15.9 Å². The Balaban J connectivity index is 1.30. The number of ether oxygens (including phenoxy) is 2. The first-order chi connectivity index (χ1) is 23.1. The molecule has 8 heteroatoms. The quantitative estimate of drug-likeness (QED) is 0.121. The maximum Gasteiger partial charge on any atom is 0.319 e. The minimum Gasteiger partial charge on any atom is -0.534 e. The standard InChI is InChI=1S/C40H46BrFN2O3Si/c1-29(24-33-28-38(41)43-44(33)20-22-46-39-17-11-12-21-45-39)23-30-25-31-27-32(42)18-19-36(31)37(26-30)47-48(40(2,3)4,34-13-7-5-8-14-34)35-15-9-6-10-16-35/h5-10,13-16,18-19,25-29,39H,11-12,17,20-24H2,1-4H3. The van der Waals surface area contributed by atoms with Crippen molar-refractivity contribution in [3.63, 3.8) is 0 Å². The summed E-state index contributed by atoms with van der Waals surface area (Å²) in [5.41, 5.74) is 2.27. The SMILES string of the molecule is CC(Cc1cc(O[Si](c2ccccc2)(c2ccccc2)C(C)(C)C)c2ccc(F)cc2c1)Cc1cc(Br)nn1CCOC1CCCCO1. The molecule has 0 radical (unpaired) electrons. The van der Waals surface area contributed by atoms with E-state index >= 15 is 0 Å². The Morgan fingerprint density at radius 3 is 2.29 bits per heavy atom. The molecule has 1 fully saturated rings. The number of aromatic nitrogens is 2. The highest BCUT2D eigenvalue weighted by Gasteiger charge is 2.52. The van der Waals surface area contributed by atoms with Crippen LogP contribution < -0.4 is 14.8 Å². The summed E-state index contributed by atoms with van der Waals surface area (Å²) < 4.78 is 36.8. The molecule has 5 nitrogen and oxygen atoms in total. The van der Waals surface area contributed by atoms with Gasteiger partial charge in [0.15, 0.2) is 6.29 Å². The molecule has 6 rings (SSSR count). The molecule has 0 saturated carbocycles. The van der Waals surface area contributed by atoms with Gasteiger partial charge in [0.1, 0.15) is 16.2 Å². The summed E-state index contributed by atoms with van der Waals surface area (Å²) in [4.78, 5) is 0. The topological polar surface area (TPSA) is 45.5 Å². The first-order valence-electron chi connectivity index (χ1n) is 17.1. The highest BCUT2D eigenvalue weighted by Crippen LogP contribution is 2.40.